The van der Waals surface area contributed by atoms with Crippen LogP contribution in [0.4, 0.5) is 5.69 Å². The third kappa shape index (κ3) is 4.40. The Bertz CT molecular complexity index is 613. The molecule has 21 heavy (non-hydrogen) atoms. The molecule has 1 heterocycles. The van der Waals surface area contributed by atoms with Crippen molar-refractivity contribution in [3.8, 4) is 0 Å². The highest BCUT2D eigenvalue weighted by Crippen LogP contribution is 2.23. The summed E-state index contributed by atoms with van der Waals surface area (Å²) in [4.78, 5) is 15.5. The van der Waals surface area contributed by atoms with Crippen molar-refractivity contribution < 1.29 is 4.79 Å². The van der Waals surface area contributed by atoms with Crippen molar-refractivity contribution >= 4 is 38.9 Å². The Hall–Kier alpha value is -1.17. The molecule has 0 spiro atoms. The van der Waals surface area contributed by atoms with E-state index in [4.69, 9.17) is 0 Å². The van der Waals surface area contributed by atoms with Gasteiger partial charge in [-0.05, 0) is 56.1 Å². The van der Waals surface area contributed by atoms with Crippen LogP contribution >= 0.6 is 27.3 Å². The number of hydrogen-bond donors (Lipinski definition) is 1. The molecule has 3 nitrogen and oxygen atoms in total. The van der Waals surface area contributed by atoms with Crippen LogP contribution in [-0.2, 0) is 4.79 Å². The molecule has 2 aromatic rings. The summed E-state index contributed by atoms with van der Waals surface area (Å²) in [6.07, 6.45) is 0. The Morgan fingerprint density at radius 2 is 2.19 bits per heavy atom. The Kier molecular flexibility index (Phi) is 5.56. The second-order valence-corrected chi connectivity index (χ2v) is 7.01. The highest BCUT2D eigenvalue weighted by Gasteiger charge is 2.16. The topological polar surface area (TPSA) is 32.3 Å². The number of halogens is 1. The highest BCUT2D eigenvalue weighted by atomic mass is 79.9. The summed E-state index contributed by atoms with van der Waals surface area (Å²) in [5.74, 6) is 0.00586. The van der Waals surface area contributed by atoms with Crippen LogP contribution in [0.15, 0.2) is 40.2 Å². The summed E-state index contributed by atoms with van der Waals surface area (Å²) < 4.78 is 1.02. The van der Waals surface area contributed by atoms with Gasteiger partial charge in [0, 0.05) is 21.1 Å². The Labute approximate surface area is 138 Å². The van der Waals surface area contributed by atoms with Crippen LogP contribution in [0, 0.1) is 6.92 Å². The number of carbonyl (C=O) groups excluding carboxylic acids is 1. The van der Waals surface area contributed by atoms with Crippen molar-refractivity contribution in [1.82, 2.24) is 4.90 Å². The summed E-state index contributed by atoms with van der Waals surface area (Å²) >= 11 is 5.14. The number of aryl methyl sites for hydroxylation is 1. The minimum absolute atomic E-state index is 0.00586. The lowest BCUT2D eigenvalue weighted by Gasteiger charge is -2.23. The molecule has 0 bridgehead atoms. The van der Waals surface area contributed by atoms with Crippen LogP contribution in [0.1, 0.15) is 23.4 Å². The van der Waals surface area contributed by atoms with E-state index in [9.17, 15) is 4.79 Å². The van der Waals surface area contributed by atoms with E-state index < -0.39 is 0 Å². The first-order valence-electron chi connectivity index (χ1n) is 6.77. The Morgan fingerprint density at radius 3 is 2.81 bits per heavy atom. The Morgan fingerprint density at radius 1 is 1.43 bits per heavy atom. The van der Waals surface area contributed by atoms with Crippen LogP contribution in [0.3, 0.4) is 0 Å². The van der Waals surface area contributed by atoms with Gasteiger partial charge in [-0.1, -0.05) is 22.0 Å². The molecule has 1 unspecified atom stereocenters. The van der Waals surface area contributed by atoms with Gasteiger partial charge in [-0.15, -0.1) is 11.3 Å². The van der Waals surface area contributed by atoms with E-state index >= 15 is 0 Å². The molecule has 2 rings (SSSR count). The largest absolute Gasteiger partial charge is 0.325 e. The molecule has 0 aliphatic carbocycles. The average molecular weight is 367 g/mol. The summed E-state index contributed by atoms with van der Waals surface area (Å²) in [7, 11) is 1.97. The van der Waals surface area contributed by atoms with Crippen molar-refractivity contribution in [3.05, 3.63) is 50.6 Å². The second kappa shape index (κ2) is 7.20. The predicted molar refractivity (Wildman–Crippen MR) is 92.9 cm³/mol. The van der Waals surface area contributed by atoms with Gasteiger partial charge in [-0.3, -0.25) is 9.69 Å². The van der Waals surface area contributed by atoms with Gasteiger partial charge in [-0.2, -0.15) is 0 Å². The van der Waals surface area contributed by atoms with E-state index in [1.807, 2.05) is 38.2 Å². The van der Waals surface area contributed by atoms with Gasteiger partial charge in [0.15, 0.2) is 0 Å². The fourth-order valence-corrected chi connectivity index (χ4v) is 3.39. The first-order valence-corrected chi connectivity index (χ1v) is 8.44. The van der Waals surface area contributed by atoms with Crippen molar-refractivity contribution in [2.45, 2.75) is 19.9 Å². The van der Waals surface area contributed by atoms with Gasteiger partial charge >= 0.3 is 0 Å². The van der Waals surface area contributed by atoms with Gasteiger partial charge in [-0.25, -0.2) is 0 Å². The minimum Gasteiger partial charge on any atom is -0.325 e. The normalized spacial score (nSPS) is 12.4. The first-order chi connectivity index (χ1) is 9.97. The van der Waals surface area contributed by atoms with Crippen LogP contribution in [-0.4, -0.2) is 24.4 Å². The molecular weight excluding hydrogens is 348 g/mol. The van der Waals surface area contributed by atoms with Crippen molar-refractivity contribution in [2.24, 2.45) is 0 Å². The molecule has 0 fully saturated rings. The number of rotatable bonds is 5. The van der Waals surface area contributed by atoms with Crippen molar-refractivity contribution in [2.75, 3.05) is 18.9 Å². The minimum atomic E-state index is 0.00586. The molecular formula is C16H19BrN2OS. The number of amides is 1. The zero-order chi connectivity index (χ0) is 15.4. The molecule has 112 valence electrons. The van der Waals surface area contributed by atoms with Gasteiger partial charge in [0.2, 0.25) is 5.91 Å². The standard InChI is InChI=1S/C16H19BrN2OS/c1-11-9-13(17)6-7-14(11)18-16(20)10-19(3)12(2)15-5-4-8-21-15/h4-9,12H,10H2,1-3H3,(H,18,20). The summed E-state index contributed by atoms with van der Waals surface area (Å²) in [6.45, 7) is 4.47. The van der Waals surface area contributed by atoms with Crippen LogP contribution in [0.2, 0.25) is 0 Å². The lowest BCUT2D eigenvalue weighted by atomic mass is 10.2. The number of benzene rings is 1. The van der Waals surface area contributed by atoms with Crippen molar-refractivity contribution in [1.29, 1.82) is 0 Å². The van der Waals surface area contributed by atoms with E-state index in [1.165, 1.54) is 4.88 Å². The number of thiophene rings is 1. The number of nitrogens with one attached hydrogen (secondary N) is 1. The smallest absolute Gasteiger partial charge is 0.238 e. The fraction of sp³-hybridized carbons (Fsp3) is 0.312. The third-order valence-corrected chi connectivity index (χ3v) is 5.01. The van der Waals surface area contributed by atoms with E-state index in [1.54, 1.807) is 11.3 Å². The first kappa shape index (κ1) is 16.2. The van der Waals surface area contributed by atoms with Crippen LogP contribution < -0.4 is 5.32 Å². The predicted octanol–water partition coefficient (Wildman–Crippen LogP) is 4.45. The maximum absolute atomic E-state index is 12.2. The number of hydrogen-bond acceptors (Lipinski definition) is 3. The number of likely N-dealkylation sites (N-methyl/N-ethyl adjacent to an activating group) is 1. The molecule has 0 aliphatic heterocycles. The molecule has 0 aliphatic rings. The molecule has 5 heteroatoms. The lowest BCUT2D eigenvalue weighted by Crippen LogP contribution is -2.32. The second-order valence-electron chi connectivity index (χ2n) is 5.11. The molecule has 0 saturated heterocycles. The molecule has 1 atom stereocenters. The molecule has 0 radical (unpaired) electrons. The summed E-state index contributed by atoms with van der Waals surface area (Å²) in [6, 6.07) is 10.2. The monoisotopic (exact) mass is 366 g/mol. The summed E-state index contributed by atoms with van der Waals surface area (Å²) in [5, 5.41) is 5.03. The molecule has 1 N–H and O–H groups in total. The van der Waals surface area contributed by atoms with Crippen molar-refractivity contribution in [3.63, 3.8) is 0 Å². The zero-order valence-electron chi connectivity index (χ0n) is 12.4. The van der Waals surface area contributed by atoms with Gasteiger partial charge in [0.05, 0.1) is 6.54 Å². The molecule has 1 aromatic carbocycles. The Balaban J connectivity index is 1.95. The van der Waals surface area contributed by atoms with Gasteiger partial charge in [0.25, 0.3) is 0 Å². The fourth-order valence-electron chi connectivity index (χ4n) is 2.07. The van der Waals surface area contributed by atoms with E-state index in [0.717, 1.165) is 15.7 Å². The highest BCUT2D eigenvalue weighted by molar-refractivity contribution is 9.10. The van der Waals surface area contributed by atoms with E-state index in [2.05, 4.69) is 44.5 Å². The SMILES string of the molecule is Cc1cc(Br)ccc1NC(=O)CN(C)C(C)c1cccs1. The lowest BCUT2D eigenvalue weighted by molar-refractivity contribution is -0.117. The number of anilines is 1. The quantitative estimate of drug-likeness (QED) is 0.847. The zero-order valence-corrected chi connectivity index (χ0v) is 14.8. The van der Waals surface area contributed by atoms with Crippen LogP contribution in [0.5, 0.6) is 0 Å². The average Bonchev–Trinajstić information content (AvgIpc) is 2.95. The number of carbonyl (C=O) groups is 1. The third-order valence-electron chi connectivity index (χ3n) is 3.47. The number of nitrogens with zero attached hydrogens (tertiary/aromatic N) is 1. The summed E-state index contributed by atoms with van der Waals surface area (Å²) in [5.41, 5.74) is 1.91. The molecule has 1 amide bonds. The van der Waals surface area contributed by atoms with E-state index in [-0.39, 0.29) is 11.9 Å². The van der Waals surface area contributed by atoms with Crippen LogP contribution in [0.25, 0.3) is 0 Å². The van der Waals surface area contributed by atoms with E-state index in [0.29, 0.717) is 6.54 Å². The molecule has 0 saturated carbocycles. The van der Waals surface area contributed by atoms with Gasteiger partial charge in [0.1, 0.15) is 0 Å². The maximum atomic E-state index is 12.2. The molecule has 1 aromatic heterocycles. The van der Waals surface area contributed by atoms with Gasteiger partial charge < -0.3 is 5.32 Å². The maximum Gasteiger partial charge on any atom is 0.238 e.